The van der Waals surface area contributed by atoms with Crippen LogP contribution >= 0.6 is 15.9 Å². The molecule has 1 aromatic carbocycles. The second-order valence-corrected chi connectivity index (χ2v) is 5.10. The highest BCUT2D eigenvalue weighted by Gasteiger charge is 2.26. The molecule has 2 N–H and O–H groups in total. The van der Waals surface area contributed by atoms with Crippen molar-refractivity contribution >= 4 is 21.7 Å². The van der Waals surface area contributed by atoms with Gasteiger partial charge in [0.1, 0.15) is 17.3 Å². The summed E-state index contributed by atoms with van der Waals surface area (Å²) in [6.07, 6.45) is 4.08. The monoisotopic (exact) mass is 295 g/mol. The molecule has 0 unspecified atom stereocenters. The van der Waals surface area contributed by atoms with E-state index in [1.165, 1.54) is 12.1 Å². The van der Waals surface area contributed by atoms with Crippen molar-refractivity contribution in [3.05, 3.63) is 34.8 Å². The van der Waals surface area contributed by atoms with Gasteiger partial charge in [0.05, 0.1) is 6.33 Å². The molecule has 1 aliphatic carbocycles. The summed E-state index contributed by atoms with van der Waals surface area (Å²) in [5.41, 5.74) is 7.60. The number of nitrogens with two attached hydrogens (primary N) is 1. The Hall–Kier alpha value is -1.36. The zero-order chi connectivity index (χ0) is 12.0. The van der Waals surface area contributed by atoms with Crippen molar-refractivity contribution < 1.29 is 4.39 Å². The van der Waals surface area contributed by atoms with Crippen LogP contribution in [0.1, 0.15) is 18.9 Å². The average molecular weight is 296 g/mol. The van der Waals surface area contributed by atoms with E-state index < -0.39 is 0 Å². The number of hydrogen-bond acceptors (Lipinski definition) is 2. The van der Waals surface area contributed by atoms with E-state index in [9.17, 15) is 4.39 Å². The average Bonchev–Trinajstić information content (AvgIpc) is 3.04. The summed E-state index contributed by atoms with van der Waals surface area (Å²) in [5.74, 6) is 0.376. The lowest BCUT2D eigenvalue weighted by atomic mass is 10.1. The fourth-order valence-corrected chi connectivity index (χ4v) is 2.44. The smallest absolute Gasteiger partial charge is 0.131 e. The van der Waals surface area contributed by atoms with E-state index >= 15 is 0 Å². The van der Waals surface area contributed by atoms with E-state index in [-0.39, 0.29) is 5.82 Å². The minimum atomic E-state index is -0.277. The Labute approximate surface area is 107 Å². The minimum absolute atomic E-state index is 0.277. The summed E-state index contributed by atoms with van der Waals surface area (Å²) < 4.78 is 15.7. The first kappa shape index (κ1) is 10.8. The first-order chi connectivity index (χ1) is 8.16. The summed E-state index contributed by atoms with van der Waals surface area (Å²) in [5, 5.41) is 0. The maximum atomic E-state index is 13.0. The molecule has 0 saturated heterocycles. The fourth-order valence-electron chi connectivity index (χ4n) is 1.90. The van der Waals surface area contributed by atoms with Gasteiger partial charge >= 0.3 is 0 Å². The largest absolute Gasteiger partial charge is 0.383 e. The third kappa shape index (κ3) is 1.84. The summed E-state index contributed by atoms with van der Waals surface area (Å²) in [7, 11) is 0. The van der Waals surface area contributed by atoms with Crippen molar-refractivity contribution in [1.29, 1.82) is 0 Å². The lowest BCUT2D eigenvalue weighted by Gasteiger charge is -2.05. The molecule has 2 aromatic rings. The van der Waals surface area contributed by atoms with E-state index in [4.69, 9.17) is 5.73 Å². The van der Waals surface area contributed by atoms with Crippen molar-refractivity contribution in [2.45, 2.75) is 18.9 Å². The number of hydrogen-bond donors (Lipinski definition) is 1. The molecule has 1 aliphatic rings. The molecule has 3 rings (SSSR count). The molecule has 0 aliphatic heterocycles. The van der Waals surface area contributed by atoms with Gasteiger partial charge in [-0.25, -0.2) is 9.37 Å². The normalized spacial score (nSPS) is 15.2. The number of nitrogen functional groups attached to an aromatic ring is 1. The molecule has 0 amide bonds. The summed E-state index contributed by atoms with van der Waals surface area (Å²) in [4.78, 5) is 4.32. The molecular formula is C12H11BrFN3. The number of anilines is 1. The number of nitrogens with zero attached hydrogens (tertiary/aromatic N) is 2. The van der Waals surface area contributed by atoms with Crippen molar-refractivity contribution in [2.75, 3.05) is 5.73 Å². The second kappa shape index (κ2) is 3.84. The van der Waals surface area contributed by atoms with Crippen molar-refractivity contribution in [1.82, 2.24) is 9.55 Å². The van der Waals surface area contributed by atoms with E-state index in [0.29, 0.717) is 22.0 Å². The molecule has 5 heteroatoms. The van der Waals surface area contributed by atoms with Crippen LogP contribution in [0, 0.1) is 5.82 Å². The van der Waals surface area contributed by atoms with Crippen molar-refractivity contribution in [3.63, 3.8) is 0 Å². The summed E-state index contributed by atoms with van der Waals surface area (Å²) in [6.45, 7) is 0. The lowest BCUT2D eigenvalue weighted by Crippen LogP contribution is -1.99. The highest BCUT2D eigenvalue weighted by atomic mass is 79.9. The predicted octanol–water partition coefficient (Wildman–Crippen LogP) is 3.37. The number of benzene rings is 1. The molecule has 1 saturated carbocycles. The van der Waals surface area contributed by atoms with Crippen LogP contribution in [0.3, 0.4) is 0 Å². The Morgan fingerprint density at radius 3 is 2.82 bits per heavy atom. The lowest BCUT2D eigenvalue weighted by molar-refractivity contribution is 0.627. The van der Waals surface area contributed by atoms with E-state index in [2.05, 4.69) is 20.9 Å². The molecule has 1 aromatic heterocycles. The van der Waals surface area contributed by atoms with Crippen molar-refractivity contribution in [3.8, 4) is 11.3 Å². The third-order valence-corrected chi connectivity index (χ3v) is 3.61. The van der Waals surface area contributed by atoms with Crippen molar-refractivity contribution in [2.24, 2.45) is 0 Å². The summed E-state index contributed by atoms with van der Waals surface area (Å²) >= 11 is 3.34. The van der Waals surface area contributed by atoms with E-state index in [0.717, 1.165) is 18.4 Å². The molecule has 0 bridgehead atoms. The highest BCUT2D eigenvalue weighted by Crippen LogP contribution is 2.40. The van der Waals surface area contributed by atoms with Crippen LogP contribution in [-0.4, -0.2) is 9.55 Å². The van der Waals surface area contributed by atoms with Gasteiger partial charge in [0.2, 0.25) is 0 Å². The minimum Gasteiger partial charge on any atom is -0.383 e. The maximum Gasteiger partial charge on any atom is 0.131 e. The van der Waals surface area contributed by atoms with Crippen LogP contribution in [0.2, 0.25) is 0 Å². The van der Waals surface area contributed by atoms with Gasteiger partial charge in [-0.1, -0.05) is 0 Å². The Bertz CT molecular complexity index is 575. The van der Waals surface area contributed by atoms with Gasteiger partial charge in [0, 0.05) is 16.1 Å². The zero-order valence-corrected chi connectivity index (χ0v) is 10.6. The van der Waals surface area contributed by atoms with Gasteiger partial charge in [-0.3, -0.25) is 0 Å². The van der Waals surface area contributed by atoms with Gasteiger partial charge in [0.15, 0.2) is 0 Å². The summed E-state index contributed by atoms with van der Waals surface area (Å²) in [6, 6.07) is 5.02. The molecule has 1 fully saturated rings. The maximum absolute atomic E-state index is 13.0. The van der Waals surface area contributed by atoms with Gasteiger partial charge in [-0.2, -0.15) is 0 Å². The number of halogens is 2. The van der Waals surface area contributed by atoms with Gasteiger partial charge in [0.25, 0.3) is 0 Å². The predicted molar refractivity (Wildman–Crippen MR) is 68.0 cm³/mol. The Morgan fingerprint density at radius 2 is 2.18 bits per heavy atom. The standard InChI is InChI=1S/C12H11BrFN3/c13-10-5-7(14)1-4-9(10)11-12(15)17(6-16-11)8-2-3-8/h1,4-6,8H,2-3,15H2. The molecule has 0 spiro atoms. The molecule has 17 heavy (non-hydrogen) atoms. The molecule has 88 valence electrons. The van der Waals surface area contributed by atoms with Gasteiger partial charge in [-0.05, 0) is 47.0 Å². The molecule has 0 atom stereocenters. The first-order valence-electron chi connectivity index (χ1n) is 5.44. The van der Waals surface area contributed by atoms with Crippen LogP contribution in [0.15, 0.2) is 29.0 Å². The van der Waals surface area contributed by atoms with E-state index in [1.54, 1.807) is 12.4 Å². The van der Waals surface area contributed by atoms with Crippen LogP contribution in [-0.2, 0) is 0 Å². The number of aromatic nitrogens is 2. The van der Waals surface area contributed by atoms with Crippen LogP contribution in [0.4, 0.5) is 10.2 Å². The molecular weight excluding hydrogens is 285 g/mol. The quantitative estimate of drug-likeness (QED) is 0.923. The van der Waals surface area contributed by atoms with Gasteiger partial charge < -0.3 is 10.3 Å². The van der Waals surface area contributed by atoms with Gasteiger partial charge in [-0.15, -0.1) is 0 Å². The topological polar surface area (TPSA) is 43.8 Å². The second-order valence-electron chi connectivity index (χ2n) is 4.24. The zero-order valence-electron chi connectivity index (χ0n) is 9.03. The SMILES string of the molecule is Nc1c(-c2ccc(F)cc2Br)ncn1C1CC1. The molecule has 1 heterocycles. The van der Waals surface area contributed by atoms with Crippen LogP contribution in [0.25, 0.3) is 11.3 Å². The number of imidazole rings is 1. The third-order valence-electron chi connectivity index (χ3n) is 2.96. The molecule has 0 radical (unpaired) electrons. The number of rotatable bonds is 2. The Kier molecular flexibility index (Phi) is 2.43. The first-order valence-corrected chi connectivity index (χ1v) is 6.24. The fraction of sp³-hybridized carbons (Fsp3) is 0.250. The Balaban J connectivity index is 2.08. The van der Waals surface area contributed by atoms with Crippen LogP contribution < -0.4 is 5.73 Å². The highest BCUT2D eigenvalue weighted by molar-refractivity contribution is 9.10. The Morgan fingerprint density at radius 1 is 1.41 bits per heavy atom. The van der Waals surface area contributed by atoms with E-state index in [1.807, 2.05) is 4.57 Å². The molecule has 3 nitrogen and oxygen atoms in total. The van der Waals surface area contributed by atoms with Crippen LogP contribution in [0.5, 0.6) is 0 Å².